The Labute approximate surface area is 162 Å². The number of carbonyl (C=O) groups is 1. The lowest BCUT2D eigenvalue weighted by atomic mass is 10.2. The Balaban J connectivity index is 1.45. The van der Waals surface area contributed by atoms with E-state index in [1.54, 1.807) is 12.1 Å². The molecule has 28 heavy (non-hydrogen) atoms. The van der Waals surface area contributed by atoms with Crippen molar-refractivity contribution in [1.82, 2.24) is 9.62 Å². The van der Waals surface area contributed by atoms with Gasteiger partial charge in [0.1, 0.15) is 17.3 Å². The molecule has 0 radical (unpaired) electrons. The first-order chi connectivity index (χ1) is 13.2. The molecule has 1 aliphatic rings. The number of benzene rings is 1. The number of carbonyl (C=O) groups excluding carboxylic acids is 1. The smallest absolute Gasteiger partial charge is 0.240 e. The van der Waals surface area contributed by atoms with E-state index in [2.05, 4.69) is 4.72 Å². The molecule has 1 fully saturated rings. The summed E-state index contributed by atoms with van der Waals surface area (Å²) < 4.78 is 69.1. The quantitative estimate of drug-likeness (QED) is 0.666. The van der Waals surface area contributed by atoms with Crippen molar-refractivity contribution in [3.8, 4) is 0 Å². The molecule has 2 heterocycles. The average Bonchev–Trinajstić information content (AvgIpc) is 3.05. The fraction of sp³-hybridized carbons (Fsp3) is 0.353. The van der Waals surface area contributed by atoms with Crippen LogP contribution in [0.5, 0.6) is 0 Å². The summed E-state index contributed by atoms with van der Waals surface area (Å²) in [6.07, 6.45) is 1.27. The van der Waals surface area contributed by atoms with Gasteiger partial charge in [-0.05, 0) is 30.3 Å². The minimum Gasteiger partial charge on any atom is -0.468 e. The zero-order valence-corrected chi connectivity index (χ0v) is 16.4. The van der Waals surface area contributed by atoms with Crippen LogP contribution in [0.3, 0.4) is 0 Å². The highest BCUT2D eigenvalue weighted by atomic mass is 32.2. The van der Waals surface area contributed by atoms with Crippen LogP contribution in [0.2, 0.25) is 0 Å². The van der Waals surface area contributed by atoms with E-state index in [0.29, 0.717) is 5.76 Å². The van der Waals surface area contributed by atoms with Gasteiger partial charge in [-0.3, -0.25) is 4.79 Å². The van der Waals surface area contributed by atoms with Crippen molar-refractivity contribution in [2.24, 2.45) is 0 Å². The fourth-order valence-electron chi connectivity index (χ4n) is 2.75. The van der Waals surface area contributed by atoms with Crippen LogP contribution in [-0.4, -0.2) is 52.5 Å². The van der Waals surface area contributed by atoms with Gasteiger partial charge >= 0.3 is 0 Å². The van der Waals surface area contributed by atoms with E-state index in [0.717, 1.165) is 12.1 Å². The lowest BCUT2D eigenvalue weighted by Crippen LogP contribution is -2.57. The Morgan fingerprint density at radius 3 is 2.57 bits per heavy atom. The SMILES string of the molecule is O=C(CCNS(=O)(=O)c1cccc(F)c1)N1CC(S(=O)(=O)Cc2ccco2)C1. The van der Waals surface area contributed by atoms with E-state index in [-0.39, 0.29) is 42.6 Å². The molecule has 8 nitrogen and oxygen atoms in total. The third kappa shape index (κ3) is 4.78. The Hall–Kier alpha value is -2.24. The first-order valence-corrected chi connectivity index (χ1v) is 11.6. The molecule has 1 N–H and O–H groups in total. The number of sulfonamides is 1. The molecule has 0 spiro atoms. The van der Waals surface area contributed by atoms with Gasteiger partial charge < -0.3 is 9.32 Å². The van der Waals surface area contributed by atoms with Crippen molar-refractivity contribution in [2.45, 2.75) is 22.3 Å². The number of halogens is 1. The van der Waals surface area contributed by atoms with Crippen LogP contribution in [0.1, 0.15) is 12.2 Å². The maximum atomic E-state index is 13.2. The van der Waals surface area contributed by atoms with Crippen molar-refractivity contribution in [1.29, 1.82) is 0 Å². The van der Waals surface area contributed by atoms with Gasteiger partial charge in [-0.15, -0.1) is 0 Å². The Bertz CT molecular complexity index is 1050. The van der Waals surface area contributed by atoms with E-state index < -0.39 is 30.9 Å². The predicted octanol–water partition coefficient (Wildman–Crippen LogP) is 0.913. The van der Waals surface area contributed by atoms with Crippen LogP contribution in [0, 0.1) is 5.82 Å². The number of likely N-dealkylation sites (tertiary alicyclic amines) is 1. The fourth-order valence-corrected chi connectivity index (χ4v) is 5.42. The lowest BCUT2D eigenvalue weighted by Gasteiger charge is -2.38. The van der Waals surface area contributed by atoms with E-state index in [1.807, 2.05) is 0 Å². The van der Waals surface area contributed by atoms with Gasteiger partial charge in [-0.1, -0.05) is 6.07 Å². The van der Waals surface area contributed by atoms with Crippen LogP contribution < -0.4 is 4.72 Å². The molecule has 0 aliphatic carbocycles. The predicted molar refractivity (Wildman–Crippen MR) is 97.9 cm³/mol. The summed E-state index contributed by atoms with van der Waals surface area (Å²) in [7, 11) is -7.35. The molecular formula is C17H19FN2O6S2. The summed E-state index contributed by atoms with van der Waals surface area (Å²) >= 11 is 0. The molecule has 2 aromatic rings. The molecule has 11 heteroatoms. The van der Waals surface area contributed by atoms with Crippen LogP contribution in [-0.2, 0) is 30.4 Å². The van der Waals surface area contributed by atoms with E-state index >= 15 is 0 Å². The second kappa shape index (κ2) is 8.02. The van der Waals surface area contributed by atoms with Crippen molar-refractivity contribution in [3.05, 3.63) is 54.2 Å². The molecule has 0 saturated carbocycles. The standard InChI is InChI=1S/C17H19FN2O6S2/c18-13-3-1-5-15(9-13)28(24,25)19-7-6-17(21)20-10-16(11-20)27(22,23)12-14-4-2-8-26-14/h1-5,8-9,16,19H,6-7,10-12H2. The summed E-state index contributed by atoms with van der Waals surface area (Å²) in [5.74, 6) is -0.913. The minimum absolute atomic E-state index is 0.0680. The van der Waals surface area contributed by atoms with Gasteiger partial charge in [0.25, 0.3) is 0 Å². The largest absolute Gasteiger partial charge is 0.468 e. The van der Waals surface area contributed by atoms with Gasteiger partial charge in [0.15, 0.2) is 9.84 Å². The van der Waals surface area contributed by atoms with Crippen molar-refractivity contribution in [3.63, 3.8) is 0 Å². The summed E-state index contributed by atoms with van der Waals surface area (Å²) in [5, 5.41) is -0.662. The average molecular weight is 430 g/mol. The number of sulfone groups is 1. The van der Waals surface area contributed by atoms with E-state index in [1.165, 1.54) is 23.3 Å². The lowest BCUT2D eigenvalue weighted by molar-refractivity contribution is -0.134. The van der Waals surface area contributed by atoms with E-state index in [9.17, 15) is 26.0 Å². The van der Waals surface area contributed by atoms with Crippen molar-refractivity contribution >= 4 is 25.8 Å². The van der Waals surface area contributed by atoms with Gasteiger partial charge in [0.05, 0.1) is 16.4 Å². The highest BCUT2D eigenvalue weighted by molar-refractivity contribution is 7.91. The molecule has 1 saturated heterocycles. The molecule has 1 amide bonds. The summed E-state index contributed by atoms with van der Waals surface area (Å²) in [4.78, 5) is 13.2. The third-order valence-electron chi connectivity index (χ3n) is 4.37. The molecule has 1 aliphatic heterocycles. The number of furan rings is 1. The molecule has 1 aromatic carbocycles. The van der Waals surface area contributed by atoms with Crippen molar-refractivity contribution in [2.75, 3.05) is 19.6 Å². The second-order valence-electron chi connectivity index (χ2n) is 6.41. The van der Waals surface area contributed by atoms with Crippen molar-refractivity contribution < 1.29 is 30.4 Å². The zero-order valence-electron chi connectivity index (χ0n) is 14.7. The minimum atomic E-state index is -3.92. The molecule has 0 atom stereocenters. The Morgan fingerprint density at radius 2 is 1.93 bits per heavy atom. The molecule has 152 valence electrons. The number of nitrogens with zero attached hydrogens (tertiary/aromatic N) is 1. The van der Waals surface area contributed by atoms with E-state index in [4.69, 9.17) is 4.42 Å². The van der Waals surface area contributed by atoms with Crippen LogP contribution >= 0.6 is 0 Å². The first kappa shape index (κ1) is 20.5. The number of hydrogen-bond acceptors (Lipinski definition) is 6. The van der Waals surface area contributed by atoms with Crippen LogP contribution in [0.15, 0.2) is 52.0 Å². The highest BCUT2D eigenvalue weighted by Gasteiger charge is 2.39. The number of hydrogen-bond donors (Lipinski definition) is 1. The highest BCUT2D eigenvalue weighted by Crippen LogP contribution is 2.21. The Kier molecular flexibility index (Phi) is 5.87. The molecule has 3 rings (SSSR count). The maximum absolute atomic E-state index is 13.2. The van der Waals surface area contributed by atoms with Gasteiger partial charge in [-0.2, -0.15) is 0 Å². The van der Waals surface area contributed by atoms with Gasteiger partial charge in [0.2, 0.25) is 15.9 Å². The van der Waals surface area contributed by atoms with Crippen LogP contribution in [0.25, 0.3) is 0 Å². The number of nitrogens with one attached hydrogen (secondary N) is 1. The monoisotopic (exact) mass is 430 g/mol. The summed E-state index contributed by atoms with van der Waals surface area (Å²) in [5.41, 5.74) is 0. The Morgan fingerprint density at radius 1 is 1.18 bits per heavy atom. The van der Waals surface area contributed by atoms with Gasteiger partial charge in [0, 0.05) is 26.1 Å². The van der Waals surface area contributed by atoms with Gasteiger partial charge in [-0.25, -0.2) is 25.9 Å². The molecule has 1 aromatic heterocycles. The van der Waals surface area contributed by atoms with Crippen LogP contribution in [0.4, 0.5) is 4.39 Å². The number of rotatable bonds is 8. The first-order valence-electron chi connectivity index (χ1n) is 8.44. The molecule has 0 bridgehead atoms. The second-order valence-corrected chi connectivity index (χ2v) is 10.5. The zero-order chi connectivity index (χ0) is 20.4. The topological polar surface area (TPSA) is 114 Å². The normalized spacial score (nSPS) is 15.4. The maximum Gasteiger partial charge on any atom is 0.240 e. The third-order valence-corrected chi connectivity index (χ3v) is 7.83. The summed E-state index contributed by atoms with van der Waals surface area (Å²) in [6, 6.07) is 7.71. The molecular weight excluding hydrogens is 411 g/mol. The number of amides is 1. The summed E-state index contributed by atoms with van der Waals surface area (Å²) in [6.45, 7) is -0.0327. The molecule has 0 unspecified atom stereocenters.